The molecule has 2 aromatic carbocycles. The van der Waals surface area contributed by atoms with E-state index >= 15 is 0 Å². The lowest BCUT2D eigenvalue weighted by molar-refractivity contribution is 0.102. The smallest absolute Gasteiger partial charge is 0.255 e. The Morgan fingerprint density at radius 3 is 2.77 bits per heavy atom. The molecule has 158 valence electrons. The fourth-order valence-corrected chi connectivity index (χ4v) is 3.46. The molecule has 2 aromatic rings. The first-order chi connectivity index (χ1) is 15.1. The number of nitrogens with one attached hydrogen (secondary N) is 4. The molecule has 0 fully saturated rings. The first kappa shape index (κ1) is 20.8. The molecule has 1 unspecified atom stereocenters. The van der Waals surface area contributed by atoms with Crippen LogP contribution in [0.4, 0.5) is 11.4 Å². The zero-order valence-corrected chi connectivity index (χ0v) is 17.9. The number of amides is 1. The molecule has 0 aromatic heterocycles. The molecular weight excluding hydrogens is 410 g/mol. The van der Waals surface area contributed by atoms with Gasteiger partial charge < -0.3 is 21.3 Å². The maximum atomic E-state index is 12.6. The van der Waals surface area contributed by atoms with E-state index in [1.54, 1.807) is 12.1 Å². The summed E-state index contributed by atoms with van der Waals surface area (Å²) in [5, 5.41) is 13.1. The Hall–Kier alpha value is -3.51. The summed E-state index contributed by atoms with van der Waals surface area (Å²) in [7, 11) is 0. The second-order valence-electron chi connectivity index (χ2n) is 7.30. The van der Waals surface area contributed by atoms with Gasteiger partial charge in [0.05, 0.1) is 6.54 Å². The van der Waals surface area contributed by atoms with Crippen LogP contribution in [-0.4, -0.2) is 25.0 Å². The van der Waals surface area contributed by atoms with Gasteiger partial charge in [0.25, 0.3) is 5.91 Å². The van der Waals surface area contributed by atoms with Gasteiger partial charge >= 0.3 is 0 Å². The number of hydrogen-bond acceptors (Lipinski definition) is 5. The van der Waals surface area contributed by atoms with Crippen LogP contribution in [0.25, 0.3) is 0 Å². The molecule has 1 amide bonds. The number of allylic oxidation sites excluding steroid dienone is 3. The molecule has 0 aliphatic carbocycles. The maximum Gasteiger partial charge on any atom is 0.255 e. The lowest BCUT2D eigenvalue weighted by Gasteiger charge is -2.28. The van der Waals surface area contributed by atoms with Gasteiger partial charge in [0.1, 0.15) is 0 Å². The number of carbonyl (C=O) groups is 1. The highest BCUT2D eigenvalue weighted by Gasteiger charge is 2.15. The van der Waals surface area contributed by atoms with Crippen LogP contribution in [0.1, 0.15) is 21.5 Å². The lowest BCUT2D eigenvalue weighted by Crippen LogP contribution is -2.47. The SMILES string of the molecule is Cc1ccc(NC(=O)c2ccc(CCl)cc2)cc1NC1NC=CC(=C2C=CCN=C2)N1. The lowest BCUT2D eigenvalue weighted by atomic mass is 10.1. The minimum atomic E-state index is -0.205. The van der Waals surface area contributed by atoms with E-state index in [0.29, 0.717) is 17.1 Å². The molecule has 4 N–H and O–H groups in total. The molecule has 0 saturated heterocycles. The monoisotopic (exact) mass is 433 g/mol. The minimum absolute atomic E-state index is 0.164. The topological polar surface area (TPSA) is 77.6 Å². The van der Waals surface area contributed by atoms with Gasteiger partial charge in [-0.15, -0.1) is 11.6 Å². The first-order valence-electron chi connectivity index (χ1n) is 10.1. The fourth-order valence-electron chi connectivity index (χ4n) is 3.28. The van der Waals surface area contributed by atoms with Crippen molar-refractivity contribution in [2.75, 3.05) is 17.2 Å². The number of hydrogen-bond donors (Lipinski definition) is 4. The molecule has 1 atom stereocenters. The molecule has 0 spiro atoms. The summed E-state index contributed by atoms with van der Waals surface area (Å²) in [5.41, 5.74) is 6.27. The third-order valence-corrected chi connectivity index (χ3v) is 5.34. The zero-order valence-electron chi connectivity index (χ0n) is 17.2. The van der Waals surface area contributed by atoms with Crippen molar-refractivity contribution in [3.05, 3.63) is 94.9 Å². The van der Waals surface area contributed by atoms with E-state index in [0.717, 1.165) is 34.6 Å². The normalized spacial score (nSPS) is 19.5. The molecule has 0 bridgehead atoms. The van der Waals surface area contributed by atoms with Crippen LogP contribution < -0.4 is 21.3 Å². The summed E-state index contributed by atoms with van der Waals surface area (Å²) in [4.78, 5) is 16.9. The van der Waals surface area contributed by atoms with Crippen molar-refractivity contribution in [2.45, 2.75) is 19.1 Å². The van der Waals surface area contributed by atoms with Gasteiger partial charge in [0.15, 0.2) is 6.29 Å². The highest BCUT2D eigenvalue weighted by molar-refractivity contribution is 6.17. The van der Waals surface area contributed by atoms with Crippen LogP contribution in [0, 0.1) is 6.92 Å². The highest BCUT2D eigenvalue weighted by Crippen LogP contribution is 2.22. The molecule has 2 heterocycles. The first-order valence-corrected chi connectivity index (χ1v) is 10.6. The molecule has 4 rings (SSSR count). The molecular formula is C24H24ClN5O. The summed E-state index contributed by atoms with van der Waals surface area (Å²) in [6.07, 6.45) is 9.64. The Bertz CT molecular complexity index is 1070. The number of aryl methyl sites for hydroxylation is 1. The second-order valence-corrected chi connectivity index (χ2v) is 7.57. The van der Waals surface area contributed by atoms with Crippen molar-refractivity contribution >= 4 is 35.1 Å². The van der Waals surface area contributed by atoms with Crippen molar-refractivity contribution in [1.82, 2.24) is 10.6 Å². The summed E-state index contributed by atoms with van der Waals surface area (Å²) < 4.78 is 0. The van der Waals surface area contributed by atoms with Crippen molar-refractivity contribution in [3.8, 4) is 0 Å². The van der Waals surface area contributed by atoms with E-state index in [4.69, 9.17) is 11.6 Å². The van der Waals surface area contributed by atoms with Crippen LogP contribution >= 0.6 is 11.6 Å². The number of benzene rings is 2. The predicted octanol–water partition coefficient (Wildman–Crippen LogP) is 4.28. The van der Waals surface area contributed by atoms with Crippen LogP contribution in [0.3, 0.4) is 0 Å². The van der Waals surface area contributed by atoms with Gasteiger partial charge in [-0.25, -0.2) is 0 Å². The third kappa shape index (κ3) is 5.16. The Morgan fingerprint density at radius 1 is 1.19 bits per heavy atom. The molecule has 2 aliphatic rings. The predicted molar refractivity (Wildman–Crippen MR) is 127 cm³/mol. The summed E-state index contributed by atoms with van der Waals surface area (Å²) in [5.74, 6) is 0.262. The number of carbonyl (C=O) groups excluding carboxylic acids is 1. The van der Waals surface area contributed by atoms with Gasteiger partial charge in [-0.1, -0.05) is 30.4 Å². The molecule has 6 nitrogen and oxygen atoms in total. The number of halogens is 1. The van der Waals surface area contributed by atoms with Crippen molar-refractivity contribution in [1.29, 1.82) is 0 Å². The number of rotatable bonds is 5. The zero-order chi connectivity index (χ0) is 21.6. The fraction of sp³-hybridized carbons (Fsp3) is 0.167. The molecule has 2 aliphatic heterocycles. The molecule has 0 radical (unpaired) electrons. The highest BCUT2D eigenvalue weighted by atomic mass is 35.5. The van der Waals surface area contributed by atoms with Gasteiger partial charge in [-0.05, 0) is 48.4 Å². The molecule has 31 heavy (non-hydrogen) atoms. The number of aliphatic imine (C=N–C) groups is 1. The standard InChI is InChI=1S/C24H24ClN5O/c1-16-4-9-20(28-23(31)18-7-5-17(14-25)6-8-18)13-22(16)30-24-27-12-10-21(29-24)19-3-2-11-26-15-19/h2-10,12-13,15,24,27,29-30H,11,14H2,1H3,(H,28,31). The third-order valence-electron chi connectivity index (χ3n) is 5.03. The summed E-state index contributed by atoms with van der Waals surface area (Å²) in [6.45, 7) is 2.74. The van der Waals surface area contributed by atoms with Crippen LogP contribution in [0.5, 0.6) is 0 Å². The van der Waals surface area contributed by atoms with E-state index in [-0.39, 0.29) is 12.2 Å². The second kappa shape index (κ2) is 9.53. The van der Waals surface area contributed by atoms with Gasteiger partial charge in [-0.2, -0.15) is 0 Å². The number of nitrogens with zero attached hydrogens (tertiary/aromatic N) is 1. The quantitative estimate of drug-likeness (QED) is 0.531. The van der Waals surface area contributed by atoms with E-state index in [1.165, 1.54) is 0 Å². The van der Waals surface area contributed by atoms with Crippen molar-refractivity contribution in [2.24, 2.45) is 4.99 Å². The Kier molecular flexibility index (Phi) is 6.38. The average Bonchev–Trinajstić information content (AvgIpc) is 2.82. The summed E-state index contributed by atoms with van der Waals surface area (Å²) in [6, 6.07) is 13.1. The van der Waals surface area contributed by atoms with Crippen LogP contribution in [0.2, 0.25) is 0 Å². The van der Waals surface area contributed by atoms with Gasteiger partial charge in [-0.3, -0.25) is 9.79 Å². The van der Waals surface area contributed by atoms with Crippen LogP contribution in [0.15, 0.2) is 83.2 Å². The molecule has 0 saturated carbocycles. The Balaban J connectivity index is 1.46. The molecule has 7 heteroatoms. The Labute approximate surface area is 186 Å². The largest absolute Gasteiger partial charge is 0.355 e. The number of dihydropyridines is 1. The van der Waals surface area contributed by atoms with Crippen molar-refractivity contribution in [3.63, 3.8) is 0 Å². The Morgan fingerprint density at radius 2 is 2.03 bits per heavy atom. The number of anilines is 2. The van der Waals surface area contributed by atoms with E-state index in [9.17, 15) is 4.79 Å². The van der Waals surface area contributed by atoms with Crippen LogP contribution in [-0.2, 0) is 5.88 Å². The van der Waals surface area contributed by atoms with Gasteiger partial charge in [0.2, 0.25) is 0 Å². The van der Waals surface area contributed by atoms with Crippen molar-refractivity contribution < 1.29 is 4.79 Å². The van der Waals surface area contributed by atoms with E-state index in [1.807, 2.05) is 61.8 Å². The van der Waals surface area contributed by atoms with E-state index in [2.05, 4.69) is 32.3 Å². The van der Waals surface area contributed by atoms with E-state index < -0.39 is 0 Å². The maximum absolute atomic E-state index is 12.6. The average molecular weight is 434 g/mol. The number of alkyl halides is 1. The summed E-state index contributed by atoms with van der Waals surface area (Å²) >= 11 is 5.82. The minimum Gasteiger partial charge on any atom is -0.355 e. The van der Waals surface area contributed by atoms with Gasteiger partial charge in [0, 0.05) is 46.5 Å².